The highest BCUT2D eigenvalue weighted by Gasteiger charge is 2.24. The van der Waals surface area contributed by atoms with Crippen LogP contribution in [0.2, 0.25) is 0 Å². The number of carboxylic acid groups (broad SMARTS) is 1. The molecule has 1 aliphatic heterocycles. The summed E-state index contributed by atoms with van der Waals surface area (Å²) in [6, 6.07) is 11.3. The number of benzene rings is 2. The summed E-state index contributed by atoms with van der Waals surface area (Å²) >= 11 is 1.17. The van der Waals surface area contributed by atoms with E-state index in [1.54, 1.807) is 36.4 Å². The van der Waals surface area contributed by atoms with Gasteiger partial charge < -0.3 is 25.0 Å². The lowest BCUT2D eigenvalue weighted by Crippen LogP contribution is -2.19. The van der Waals surface area contributed by atoms with E-state index in [4.69, 9.17) is 14.6 Å². The Hall–Kier alpha value is -3.46. The van der Waals surface area contributed by atoms with Crippen LogP contribution in [0.1, 0.15) is 5.56 Å². The van der Waals surface area contributed by atoms with Gasteiger partial charge in [0.2, 0.25) is 0 Å². The predicted molar refractivity (Wildman–Crippen MR) is 105 cm³/mol. The summed E-state index contributed by atoms with van der Waals surface area (Å²) < 4.78 is 10.4. The molecule has 0 bridgehead atoms. The van der Waals surface area contributed by atoms with E-state index in [0.717, 1.165) is 0 Å². The first kappa shape index (κ1) is 19.3. The third kappa shape index (κ3) is 4.83. The first-order chi connectivity index (χ1) is 13.4. The number of rotatable bonds is 6. The zero-order chi connectivity index (χ0) is 20.1. The maximum Gasteiger partial charge on any atom is 0.341 e. The van der Waals surface area contributed by atoms with Crippen molar-refractivity contribution in [3.8, 4) is 17.2 Å². The molecule has 1 heterocycles. The maximum absolute atomic E-state index is 12.2. The fourth-order valence-electron chi connectivity index (χ4n) is 2.34. The number of nitrogens with one attached hydrogen (secondary N) is 1. The molecule has 3 N–H and O–H groups in total. The number of ether oxygens (including phenoxy) is 2. The number of amides is 1. The zero-order valence-corrected chi connectivity index (χ0v) is 15.5. The van der Waals surface area contributed by atoms with Crippen molar-refractivity contribution in [1.82, 2.24) is 5.32 Å². The molecule has 0 aromatic heterocycles. The van der Waals surface area contributed by atoms with Gasteiger partial charge in [0, 0.05) is 6.07 Å². The van der Waals surface area contributed by atoms with Gasteiger partial charge in [0.15, 0.2) is 23.3 Å². The van der Waals surface area contributed by atoms with Gasteiger partial charge in [-0.25, -0.2) is 9.79 Å². The Bertz CT molecular complexity index is 986. The number of phenols is 1. The lowest BCUT2D eigenvalue weighted by atomic mass is 10.2. The molecule has 0 aliphatic carbocycles. The molecule has 1 fully saturated rings. The molecule has 1 amide bonds. The summed E-state index contributed by atoms with van der Waals surface area (Å²) in [7, 11) is 1.44. The normalized spacial score (nSPS) is 16.2. The van der Waals surface area contributed by atoms with Gasteiger partial charge in [0.25, 0.3) is 5.91 Å². The number of aliphatic carboxylic acids is 1. The number of amidine groups is 1. The number of carbonyl (C=O) groups excluding carboxylic acids is 1. The van der Waals surface area contributed by atoms with Crippen molar-refractivity contribution in [1.29, 1.82) is 0 Å². The van der Waals surface area contributed by atoms with Gasteiger partial charge in [0.05, 0.1) is 17.7 Å². The van der Waals surface area contributed by atoms with Crippen LogP contribution in [0.3, 0.4) is 0 Å². The number of carboxylic acids is 1. The molecule has 1 aliphatic rings. The van der Waals surface area contributed by atoms with E-state index in [2.05, 4.69) is 10.3 Å². The van der Waals surface area contributed by atoms with Crippen LogP contribution in [-0.2, 0) is 9.59 Å². The van der Waals surface area contributed by atoms with Crippen molar-refractivity contribution < 1.29 is 29.3 Å². The molecule has 0 spiro atoms. The fraction of sp³-hybridized carbons (Fsp3) is 0.105. The van der Waals surface area contributed by atoms with Crippen molar-refractivity contribution in [3.05, 3.63) is 52.9 Å². The summed E-state index contributed by atoms with van der Waals surface area (Å²) in [5.41, 5.74) is 1.20. The Morgan fingerprint density at radius 3 is 2.79 bits per heavy atom. The van der Waals surface area contributed by atoms with Crippen LogP contribution >= 0.6 is 11.8 Å². The van der Waals surface area contributed by atoms with E-state index in [1.165, 1.54) is 31.0 Å². The minimum atomic E-state index is -1.09. The number of carbonyl (C=O) groups is 2. The van der Waals surface area contributed by atoms with Crippen LogP contribution in [0.15, 0.2) is 52.4 Å². The average molecular weight is 400 g/mol. The van der Waals surface area contributed by atoms with Crippen LogP contribution in [0.4, 0.5) is 5.69 Å². The number of nitrogens with zero attached hydrogens (tertiary/aromatic N) is 1. The number of aliphatic imine (C=N–C) groups is 1. The Kier molecular flexibility index (Phi) is 5.85. The van der Waals surface area contributed by atoms with Gasteiger partial charge in [0.1, 0.15) is 5.75 Å². The number of methoxy groups -OCH3 is 1. The van der Waals surface area contributed by atoms with Gasteiger partial charge >= 0.3 is 5.97 Å². The largest absolute Gasteiger partial charge is 0.508 e. The quantitative estimate of drug-likeness (QED) is 0.638. The topological polar surface area (TPSA) is 117 Å². The average Bonchev–Trinajstić information content (AvgIpc) is 2.99. The molecule has 0 radical (unpaired) electrons. The summed E-state index contributed by atoms with van der Waals surface area (Å²) in [5.74, 6) is -0.654. The lowest BCUT2D eigenvalue weighted by molar-refractivity contribution is -0.139. The second-order valence-electron chi connectivity index (χ2n) is 5.59. The Morgan fingerprint density at radius 1 is 1.25 bits per heavy atom. The Balaban J connectivity index is 1.79. The molecule has 3 rings (SSSR count). The van der Waals surface area contributed by atoms with Gasteiger partial charge in [-0.05, 0) is 47.7 Å². The minimum Gasteiger partial charge on any atom is -0.508 e. The number of hydrogen-bond donors (Lipinski definition) is 3. The first-order valence-corrected chi connectivity index (χ1v) is 8.87. The maximum atomic E-state index is 12.2. The molecule has 2 aromatic carbocycles. The lowest BCUT2D eigenvalue weighted by Gasteiger charge is -2.09. The third-order valence-corrected chi connectivity index (χ3v) is 4.46. The van der Waals surface area contributed by atoms with Crippen LogP contribution in [-0.4, -0.2) is 41.0 Å². The van der Waals surface area contributed by atoms with E-state index in [0.29, 0.717) is 32.8 Å². The van der Waals surface area contributed by atoms with Crippen LogP contribution in [0, 0.1) is 0 Å². The molecular formula is C19H16N2O6S. The van der Waals surface area contributed by atoms with Crippen LogP contribution in [0.5, 0.6) is 17.2 Å². The second kappa shape index (κ2) is 8.49. The van der Waals surface area contributed by atoms with Crippen LogP contribution in [0.25, 0.3) is 6.08 Å². The molecule has 9 heteroatoms. The van der Waals surface area contributed by atoms with Crippen molar-refractivity contribution in [2.24, 2.45) is 4.99 Å². The molecule has 144 valence electrons. The molecule has 2 aromatic rings. The summed E-state index contributed by atoms with van der Waals surface area (Å²) in [6.07, 6.45) is 1.66. The van der Waals surface area contributed by atoms with E-state index < -0.39 is 12.6 Å². The molecule has 0 unspecified atom stereocenters. The predicted octanol–water partition coefficient (Wildman–Crippen LogP) is 2.76. The van der Waals surface area contributed by atoms with Gasteiger partial charge in [-0.2, -0.15) is 0 Å². The smallest absolute Gasteiger partial charge is 0.341 e. The third-order valence-electron chi connectivity index (χ3n) is 3.55. The van der Waals surface area contributed by atoms with E-state index >= 15 is 0 Å². The number of aromatic hydroxyl groups is 1. The van der Waals surface area contributed by atoms with E-state index in [1.807, 2.05) is 0 Å². The summed E-state index contributed by atoms with van der Waals surface area (Å²) in [6.45, 7) is -0.482. The Morgan fingerprint density at radius 2 is 2.07 bits per heavy atom. The van der Waals surface area contributed by atoms with Crippen molar-refractivity contribution in [2.75, 3.05) is 13.7 Å². The number of phenolic OH excluding ortho intramolecular Hbond substituents is 1. The Labute approximate surface area is 164 Å². The van der Waals surface area contributed by atoms with Gasteiger partial charge in [-0.1, -0.05) is 12.1 Å². The van der Waals surface area contributed by atoms with Crippen molar-refractivity contribution in [2.45, 2.75) is 0 Å². The van der Waals surface area contributed by atoms with Gasteiger partial charge in [-0.3, -0.25) is 4.79 Å². The fourth-order valence-corrected chi connectivity index (χ4v) is 3.19. The van der Waals surface area contributed by atoms with E-state index in [-0.39, 0.29) is 11.7 Å². The minimum absolute atomic E-state index is 0.0873. The van der Waals surface area contributed by atoms with Crippen molar-refractivity contribution in [3.63, 3.8) is 0 Å². The first-order valence-electron chi connectivity index (χ1n) is 8.06. The monoisotopic (exact) mass is 400 g/mol. The van der Waals surface area contributed by atoms with Crippen LogP contribution < -0.4 is 14.8 Å². The van der Waals surface area contributed by atoms with E-state index in [9.17, 15) is 14.7 Å². The molecule has 8 nitrogen and oxygen atoms in total. The molecule has 0 saturated carbocycles. The number of thioether (sulfide) groups is 1. The molecule has 28 heavy (non-hydrogen) atoms. The summed E-state index contributed by atoms with van der Waals surface area (Å²) in [5, 5.41) is 21.3. The highest BCUT2D eigenvalue weighted by molar-refractivity contribution is 8.18. The molecule has 0 atom stereocenters. The zero-order valence-electron chi connectivity index (χ0n) is 14.7. The standard InChI is InChI=1S/C19H16N2O6S/c1-26-15-7-11(5-6-14(15)27-10-17(23)24)8-16-18(25)21-19(28-16)20-12-3-2-4-13(22)9-12/h2-9,22H,10H2,1H3,(H,23,24)(H,20,21,25)/b16-8+. The highest BCUT2D eigenvalue weighted by Crippen LogP contribution is 2.32. The highest BCUT2D eigenvalue weighted by atomic mass is 32.2. The second-order valence-corrected chi connectivity index (χ2v) is 6.62. The summed E-state index contributed by atoms with van der Waals surface area (Å²) in [4.78, 5) is 27.6. The van der Waals surface area contributed by atoms with Gasteiger partial charge in [-0.15, -0.1) is 0 Å². The number of hydrogen-bond acceptors (Lipinski definition) is 7. The molecular weight excluding hydrogens is 384 g/mol. The SMILES string of the molecule is COc1cc(/C=C2/SC(=Nc3cccc(O)c3)NC2=O)ccc1OCC(=O)O. The van der Waals surface area contributed by atoms with Crippen molar-refractivity contribution >= 4 is 40.6 Å². The molecule has 1 saturated heterocycles.